The molecule has 0 radical (unpaired) electrons. The molecule has 1 saturated heterocycles. The molecule has 1 fully saturated rings. The van der Waals surface area contributed by atoms with Crippen LogP contribution in [0.2, 0.25) is 0 Å². The van der Waals surface area contributed by atoms with Crippen molar-refractivity contribution < 1.29 is 14.7 Å². The molecule has 1 aromatic heterocycles. The van der Waals surface area contributed by atoms with Gasteiger partial charge in [0.15, 0.2) is 5.52 Å². The van der Waals surface area contributed by atoms with E-state index in [0.717, 1.165) is 0 Å². The van der Waals surface area contributed by atoms with E-state index in [-0.39, 0.29) is 11.2 Å². The van der Waals surface area contributed by atoms with E-state index >= 15 is 0 Å². The number of anilines is 1. The third kappa shape index (κ3) is 1.89. The molecule has 0 aliphatic carbocycles. The van der Waals surface area contributed by atoms with Gasteiger partial charge in [-0.25, -0.2) is 4.63 Å². The molecule has 1 aliphatic rings. The first kappa shape index (κ1) is 11.8. The molecule has 1 atom stereocenters. The number of fused-ring (bicyclic) bond motifs is 1. The maximum Gasteiger partial charge on any atom is 0.300 e. The fraction of sp³-hybridized carbons (Fsp3) is 0.455. The number of rotatable bonds is 2. The predicted molar refractivity (Wildman–Crippen MR) is 65.9 cm³/mol. The Labute approximate surface area is 107 Å². The van der Waals surface area contributed by atoms with Crippen LogP contribution in [0.1, 0.15) is 13.3 Å². The quantitative estimate of drug-likeness (QED) is 0.639. The molecule has 1 aliphatic heterocycles. The number of benzene rings is 1. The van der Waals surface area contributed by atoms with Crippen LogP contribution in [0.4, 0.5) is 11.4 Å². The molecule has 8 nitrogen and oxygen atoms in total. The van der Waals surface area contributed by atoms with Crippen LogP contribution >= 0.6 is 0 Å². The first-order valence-corrected chi connectivity index (χ1v) is 5.85. The van der Waals surface area contributed by atoms with Gasteiger partial charge in [0.2, 0.25) is 5.52 Å². The number of β-amino-alcohol motifs (C(OH)–C–C–N with tert-alkyl or cyclic N) is 1. The van der Waals surface area contributed by atoms with E-state index in [1.807, 2.05) is 4.90 Å². The molecule has 2 aromatic rings. The lowest BCUT2D eigenvalue weighted by Crippen LogP contribution is -2.29. The van der Waals surface area contributed by atoms with Crippen LogP contribution in [-0.4, -0.2) is 39.0 Å². The van der Waals surface area contributed by atoms with Gasteiger partial charge < -0.3 is 10.0 Å². The zero-order valence-corrected chi connectivity index (χ0v) is 10.2. The highest BCUT2D eigenvalue weighted by atomic mass is 16.6. The standard InChI is InChI=1S/C11H12N4O4/c1-11(16)4-5-14(6-11)7-2-3-8(15(17)18)10-9(7)12-19-13-10/h2-3,16H,4-6H2,1H3. The van der Waals surface area contributed by atoms with Gasteiger partial charge in [0.1, 0.15) is 0 Å². The van der Waals surface area contributed by atoms with Crippen LogP contribution in [0.3, 0.4) is 0 Å². The van der Waals surface area contributed by atoms with Crippen molar-refractivity contribution in [1.82, 2.24) is 10.3 Å². The van der Waals surface area contributed by atoms with Crippen LogP contribution in [0, 0.1) is 10.1 Å². The Balaban J connectivity index is 2.09. The first-order chi connectivity index (χ1) is 8.98. The second-order valence-corrected chi connectivity index (χ2v) is 4.99. The molecule has 3 rings (SSSR count). The fourth-order valence-electron chi connectivity index (χ4n) is 2.39. The van der Waals surface area contributed by atoms with Gasteiger partial charge in [0, 0.05) is 19.2 Å². The molecule has 0 amide bonds. The average Bonchev–Trinajstić information content (AvgIpc) is 2.93. The summed E-state index contributed by atoms with van der Waals surface area (Å²) in [4.78, 5) is 12.3. The molecule has 1 unspecified atom stereocenters. The van der Waals surface area contributed by atoms with Gasteiger partial charge in [0.05, 0.1) is 16.2 Å². The highest BCUT2D eigenvalue weighted by molar-refractivity contribution is 5.93. The van der Waals surface area contributed by atoms with E-state index in [2.05, 4.69) is 14.9 Å². The molecule has 1 N–H and O–H groups in total. The monoisotopic (exact) mass is 264 g/mol. The fourth-order valence-corrected chi connectivity index (χ4v) is 2.39. The Kier molecular flexibility index (Phi) is 2.42. The number of hydrogen-bond acceptors (Lipinski definition) is 7. The SMILES string of the molecule is CC1(O)CCN(c2ccc([N+](=O)[O-])c3nonc23)C1. The largest absolute Gasteiger partial charge is 0.388 e. The molecule has 2 heterocycles. The van der Waals surface area contributed by atoms with Crippen LogP contribution in [0.25, 0.3) is 11.0 Å². The summed E-state index contributed by atoms with van der Waals surface area (Å²) in [6, 6.07) is 3.00. The number of aromatic nitrogens is 2. The summed E-state index contributed by atoms with van der Waals surface area (Å²) in [6.07, 6.45) is 0.636. The van der Waals surface area contributed by atoms with Crippen LogP contribution in [0.15, 0.2) is 16.8 Å². The zero-order chi connectivity index (χ0) is 13.6. The lowest BCUT2D eigenvalue weighted by molar-refractivity contribution is -0.383. The number of hydrogen-bond donors (Lipinski definition) is 1. The van der Waals surface area contributed by atoms with E-state index in [9.17, 15) is 15.2 Å². The van der Waals surface area contributed by atoms with Crippen LogP contribution in [-0.2, 0) is 0 Å². The van der Waals surface area contributed by atoms with Crippen molar-refractivity contribution >= 4 is 22.4 Å². The summed E-state index contributed by atoms with van der Waals surface area (Å²) in [5.41, 5.74) is 0.289. The maximum atomic E-state index is 10.9. The summed E-state index contributed by atoms with van der Waals surface area (Å²) in [7, 11) is 0. The molecule has 0 bridgehead atoms. The van der Waals surface area contributed by atoms with Crippen molar-refractivity contribution in [2.45, 2.75) is 18.9 Å². The molecule has 8 heteroatoms. The first-order valence-electron chi connectivity index (χ1n) is 5.85. The Morgan fingerprint density at radius 3 is 2.84 bits per heavy atom. The molecule has 1 aromatic carbocycles. The Morgan fingerprint density at radius 2 is 2.21 bits per heavy atom. The lowest BCUT2D eigenvalue weighted by atomic mass is 10.1. The van der Waals surface area contributed by atoms with Crippen molar-refractivity contribution in [3.05, 3.63) is 22.2 Å². The summed E-state index contributed by atoms with van der Waals surface area (Å²) in [5, 5.41) is 28.2. The minimum absolute atomic E-state index is 0.133. The molecule has 0 saturated carbocycles. The smallest absolute Gasteiger partial charge is 0.300 e. The summed E-state index contributed by atoms with van der Waals surface area (Å²) >= 11 is 0. The number of nitro benzene ring substituents is 1. The van der Waals surface area contributed by atoms with Crippen LogP contribution in [0.5, 0.6) is 0 Å². The highest BCUT2D eigenvalue weighted by Crippen LogP contribution is 2.34. The Hall–Kier alpha value is -2.22. The third-order valence-corrected chi connectivity index (χ3v) is 3.36. The van der Waals surface area contributed by atoms with E-state index in [1.54, 1.807) is 13.0 Å². The Bertz CT molecular complexity index is 651. The van der Waals surface area contributed by atoms with Gasteiger partial charge in [-0.15, -0.1) is 0 Å². The van der Waals surface area contributed by atoms with E-state index in [4.69, 9.17) is 0 Å². The Morgan fingerprint density at radius 1 is 1.47 bits per heavy atom. The van der Waals surface area contributed by atoms with Crippen molar-refractivity contribution in [3.8, 4) is 0 Å². The van der Waals surface area contributed by atoms with Gasteiger partial charge >= 0.3 is 5.69 Å². The zero-order valence-electron chi connectivity index (χ0n) is 10.2. The van der Waals surface area contributed by atoms with Gasteiger partial charge in [0.25, 0.3) is 0 Å². The van der Waals surface area contributed by atoms with Crippen molar-refractivity contribution in [2.75, 3.05) is 18.0 Å². The third-order valence-electron chi connectivity index (χ3n) is 3.36. The van der Waals surface area contributed by atoms with Gasteiger partial charge in [-0.3, -0.25) is 10.1 Å². The number of non-ortho nitro benzene ring substituents is 1. The minimum Gasteiger partial charge on any atom is -0.388 e. The van der Waals surface area contributed by atoms with Crippen molar-refractivity contribution in [1.29, 1.82) is 0 Å². The molecule has 19 heavy (non-hydrogen) atoms. The maximum absolute atomic E-state index is 10.9. The lowest BCUT2D eigenvalue weighted by Gasteiger charge is -2.20. The molecular formula is C11H12N4O4. The number of aliphatic hydroxyl groups is 1. The number of nitrogens with zero attached hydrogens (tertiary/aromatic N) is 4. The minimum atomic E-state index is -0.759. The van der Waals surface area contributed by atoms with E-state index < -0.39 is 10.5 Å². The molecular weight excluding hydrogens is 252 g/mol. The van der Waals surface area contributed by atoms with Gasteiger partial charge in [-0.2, -0.15) is 0 Å². The van der Waals surface area contributed by atoms with Gasteiger partial charge in [-0.1, -0.05) is 0 Å². The van der Waals surface area contributed by atoms with E-state index in [0.29, 0.717) is 30.7 Å². The van der Waals surface area contributed by atoms with Crippen molar-refractivity contribution in [2.24, 2.45) is 0 Å². The normalized spacial score (nSPS) is 23.2. The summed E-state index contributed by atoms with van der Waals surface area (Å²) in [6.45, 7) is 2.87. The summed E-state index contributed by atoms with van der Waals surface area (Å²) < 4.78 is 4.61. The summed E-state index contributed by atoms with van der Waals surface area (Å²) in [5.74, 6) is 0. The molecule has 0 spiro atoms. The van der Waals surface area contributed by atoms with Crippen LogP contribution < -0.4 is 4.90 Å². The second kappa shape index (κ2) is 3.89. The average molecular weight is 264 g/mol. The topological polar surface area (TPSA) is 106 Å². The van der Waals surface area contributed by atoms with E-state index in [1.165, 1.54) is 6.07 Å². The second-order valence-electron chi connectivity index (χ2n) is 4.99. The predicted octanol–water partition coefficient (Wildman–Crippen LogP) is 1.09. The molecule has 100 valence electrons. The number of nitro groups is 1. The van der Waals surface area contributed by atoms with Crippen molar-refractivity contribution in [3.63, 3.8) is 0 Å². The highest BCUT2D eigenvalue weighted by Gasteiger charge is 2.33. The van der Waals surface area contributed by atoms with Gasteiger partial charge in [-0.05, 0) is 29.7 Å².